The lowest BCUT2D eigenvalue weighted by molar-refractivity contribution is 0.575. The fourth-order valence-electron chi connectivity index (χ4n) is 1.31. The van der Waals surface area contributed by atoms with Gasteiger partial charge in [0.15, 0.2) is 9.84 Å². The van der Waals surface area contributed by atoms with Crippen molar-refractivity contribution in [3.63, 3.8) is 0 Å². The summed E-state index contributed by atoms with van der Waals surface area (Å²) in [6.07, 6.45) is 0. The van der Waals surface area contributed by atoms with E-state index in [-0.39, 0.29) is 23.0 Å². The summed E-state index contributed by atoms with van der Waals surface area (Å²) in [5.74, 6) is 0.343. The van der Waals surface area contributed by atoms with Gasteiger partial charge in [0.2, 0.25) is 0 Å². The van der Waals surface area contributed by atoms with Crippen LogP contribution in [0.4, 0.5) is 0 Å². The van der Waals surface area contributed by atoms with Crippen LogP contribution in [0.5, 0.6) is 0 Å². The molecule has 0 radical (unpaired) electrons. The van der Waals surface area contributed by atoms with Crippen LogP contribution in [-0.4, -0.2) is 29.0 Å². The highest BCUT2D eigenvalue weighted by Crippen LogP contribution is 2.04. The van der Waals surface area contributed by atoms with Crippen molar-refractivity contribution in [2.45, 2.75) is 32.6 Å². The Bertz CT molecular complexity index is 563. The Morgan fingerprint density at radius 3 is 2.53 bits per heavy atom. The van der Waals surface area contributed by atoms with Gasteiger partial charge in [-0.2, -0.15) is 0 Å². The van der Waals surface area contributed by atoms with Crippen LogP contribution in [0.1, 0.15) is 19.7 Å². The second-order valence-electron chi connectivity index (χ2n) is 4.03. The van der Waals surface area contributed by atoms with E-state index < -0.39 is 15.1 Å². The van der Waals surface area contributed by atoms with Crippen molar-refractivity contribution < 1.29 is 8.42 Å². The fraction of sp³-hybridized carbons (Fsp3) is 0.600. The van der Waals surface area contributed by atoms with E-state index in [0.717, 1.165) is 0 Å². The molecule has 0 fully saturated rings. The molecular formula is C10H15ClN2O3S. The van der Waals surface area contributed by atoms with Gasteiger partial charge in [-0.3, -0.25) is 9.36 Å². The van der Waals surface area contributed by atoms with Crippen LogP contribution < -0.4 is 5.56 Å². The zero-order chi connectivity index (χ0) is 13.2. The minimum atomic E-state index is -3.16. The Kier molecular flexibility index (Phi) is 4.32. The van der Waals surface area contributed by atoms with Crippen LogP contribution in [0.15, 0.2) is 10.9 Å². The molecule has 0 aromatic carbocycles. The summed E-state index contributed by atoms with van der Waals surface area (Å²) in [6, 6.07) is 1.18. The first-order valence-corrected chi connectivity index (χ1v) is 7.29. The molecule has 0 bridgehead atoms. The number of aryl methyl sites for hydroxylation is 1. The topological polar surface area (TPSA) is 69.0 Å². The van der Waals surface area contributed by atoms with Crippen molar-refractivity contribution in [1.82, 2.24) is 9.55 Å². The summed E-state index contributed by atoms with van der Waals surface area (Å²) in [5.41, 5.74) is -0.332. The number of sulfone groups is 1. The number of nitrogens with zero attached hydrogens (tertiary/aromatic N) is 2. The second-order valence-corrected chi connectivity index (χ2v) is 7.10. The van der Waals surface area contributed by atoms with Crippen LogP contribution >= 0.6 is 11.6 Å². The zero-order valence-corrected chi connectivity index (χ0v) is 11.5. The molecule has 0 saturated heterocycles. The first-order chi connectivity index (χ1) is 7.74. The van der Waals surface area contributed by atoms with Gasteiger partial charge < -0.3 is 0 Å². The molecule has 1 aromatic heterocycles. The minimum Gasteiger partial charge on any atom is -0.296 e. The molecule has 0 atom stereocenters. The Morgan fingerprint density at radius 2 is 2.06 bits per heavy atom. The Morgan fingerprint density at radius 1 is 1.47 bits per heavy atom. The SMILES string of the molecule is Cc1nc(Cl)cc(=O)n1CCS(=O)(=O)C(C)C. The van der Waals surface area contributed by atoms with Crippen LogP contribution in [0.25, 0.3) is 0 Å². The highest BCUT2D eigenvalue weighted by atomic mass is 35.5. The lowest BCUT2D eigenvalue weighted by Crippen LogP contribution is -2.28. The monoisotopic (exact) mass is 278 g/mol. The minimum absolute atomic E-state index is 0.0747. The van der Waals surface area contributed by atoms with E-state index in [1.54, 1.807) is 20.8 Å². The Hall–Kier alpha value is -0.880. The van der Waals surface area contributed by atoms with Gasteiger partial charge >= 0.3 is 0 Å². The van der Waals surface area contributed by atoms with Crippen molar-refractivity contribution in [1.29, 1.82) is 0 Å². The molecule has 0 saturated carbocycles. The van der Waals surface area contributed by atoms with E-state index in [2.05, 4.69) is 4.98 Å². The molecule has 7 heteroatoms. The molecule has 0 aliphatic heterocycles. The summed E-state index contributed by atoms with van der Waals surface area (Å²) < 4.78 is 24.6. The third kappa shape index (κ3) is 3.54. The molecule has 0 unspecified atom stereocenters. The number of hydrogen-bond acceptors (Lipinski definition) is 4. The van der Waals surface area contributed by atoms with Gasteiger partial charge in [-0.25, -0.2) is 13.4 Å². The molecule has 1 rings (SSSR count). The molecular weight excluding hydrogens is 264 g/mol. The molecule has 0 aliphatic carbocycles. The molecule has 1 heterocycles. The highest BCUT2D eigenvalue weighted by Gasteiger charge is 2.16. The van der Waals surface area contributed by atoms with E-state index >= 15 is 0 Å². The predicted octanol–water partition coefficient (Wildman–Crippen LogP) is 1.03. The summed E-state index contributed by atoms with van der Waals surface area (Å²) >= 11 is 5.62. The smallest absolute Gasteiger partial charge is 0.255 e. The summed E-state index contributed by atoms with van der Waals surface area (Å²) in [5, 5.41) is -0.325. The third-order valence-corrected chi connectivity index (χ3v) is 4.87. The lowest BCUT2D eigenvalue weighted by atomic mass is 10.5. The molecule has 5 nitrogen and oxygen atoms in total. The van der Waals surface area contributed by atoms with Crippen LogP contribution in [0, 0.1) is 6.92 Å². The van der Waals surface area contributed by atoms with Gasteiger partial charge in [0.1, 0.15) is 11.0 Å². The maximum absolute atomic E-state index is 11.6. The summed E-state index contributed by atoms with van der Waals surface area (Å²) in [7, 11) is -3.16. The summed E-state index contributed by atoms with van der Waals surface area (Å²) in [4.78, 5) is 15.5. The van der Waals surface area contributed by atoms with E-state index in [1.165, 1.54) is 10.6 Å². The van der Waals surface area contributed by atoms with E-state index in [1.807, 2.05) is 0 Å². The lowest BCUT2D eigenvalue weighted by Gasteiger charge is -2.11. The van der Waals surface area contributed by atoms with E-state index in [4.69, 9.17) is 11.6 Å². The van der Waals surface area contributed by atoms with Gasteiger partial charge in [-0.1, -0.05) is 11.6 Å². The van der Waals surface area contributed by atoms with E-state index in [9.17, 15) is 13.2 Å². The molecule has 0 amide bonds. The molecule has 0 N–H and O–H groups in total. The normalized spacial score (nSPS) is 12.1. The van der Waals surface area contributed by atoms with Crippen LogP contribution in [0.3, 0.4) is 0 Å². The standard InChI is InChI=1S/C10H15ClN2O3S/c1-7(2)17(15,16)5-4-13-8(3)12-9(11)6-10(13)14/h6-7H,4-5H2,1-3H3. The molecule has 0 aliphatic rings. The van der Waals surface area contributed by atoms with Gasteiger partial charge in [-0.15, -0.1) is 0 Å². The van der Waals surface area contributed by atoms with Crippen LogP contribution in [0.2, 0.25) is 5.15 Å². The first kappa shape index (κ1) is 14.2. The maximum atomic E-state index is 11.6. The number of rotatable bonds is 4. The fourth-order valence-corrected chi connectivity index (χ4v) is 2.44. The van der Waals surface area contributed by atoms with E-state index in [0.29, 0.717) is 5.82 Å². The second kappa shape index (κ2) is 5.18. The molecule has 0 spiro atoms. The number of aromatic nitrogens is 2. The van der Waals surface area contributed by atoms with Gasteiger partial charge in [-0.05, 0) is 20.8 Å². The average Bonchev–Trinajstić information content (AvgIpc) is 2.15. The molecule has 96 valence electrons. The predicted molar refractivity (Wildman–Crippen MR) is 67.2 cm³/mol. The van der Waals surface area contributed by atoms with Crippen molar-refractivity contribution >= 4 is 21.4 Å². The van der Waals surface area contributed by atoms with Crippen molar-refractivity contribution in [3.8, 4) is 0 Å². The quantitative estimate of drug-likeness (QED) is 0.772. The largest absolute Gasteiger partial charge is 0.296 e. The zero-order valence-electron chi connectivity index (χ0n) is 9.97. The molecule has 1 aromatic rings. The van der Waals surface area contributed by atoms with Crippen molar-refractivity contribution in [2.75, 3.05) is 5.75 Å². The Balaban J connectivity index is 2.95. The average molecular weight is 279 g/mol. The maximum Gasteiger partial charge on any atom is 0.255 e. The molecule has 17 heavy (non-hydrogen) atoms. The Labute approximate surface area is 105 Å². The number of halogens is 1. The van der Waals surface area contributed by atoms with Gasteiger partial charge in [0.25, 0.3) is 5.56 Å². The first-order valence-electron chi connectivity index (χ1n) is 5.19. The van der Waals surface area contributed by atoms with Gasteiger partial charge in [0, 0.05) is 12.6 Å². The highest BCUT2D eigenvalue weighted by molar-refractivity contribution is 7.91. The third-order valence-electron chi connectivity index (χ3n) is 2.49. The summed E-state index contributed by atoms with van der Waals surface area (Å²) in [6.45, 7) is 4.96. The van der Waals surface area contributed by atoms with Crippen molar-refractivity contribution in [2.24, 2.45) is 0 Å². The van der Waals surface area contributed by atoms with Crippen LogP contribution in [-0.2, 0) is 16.4 Å². The number of hydrogen-bond donors (Lipinski definition) is 0. The van der Waals surface area contributed by atoms with Gasteiger partial charge in [0.05, 0.1) is 11.0 Å². The van der Waals surface area contributed by atoms with Crippen molar-refractivity contribution in [3.05, 3.63) is 27.4 Å².